The predicted octanol–water partition coefficient (Wildman–Crippen LogP) is 3.30. The Hall–Kier alpha value is -3.39. The van der Waals surface area contributed by atoms with E-state index in [4.69, 9.17) is 9.47 Å². The summed E-state index contributed by atoms with van der Waals surface area (Å²) >= 11 is 0. The van der Waals surface area contributed by atoms with Gasteiger partial charge in [-0.05, 0) is 34.6 Å². The lowest BCUT2D eigenvalue weighted by molar-refractivity contribution is -0.142. The van der Waals surface area contributed by atoms with Gasteiger partial charge in [0.2, 0.25) is 5.91 Å². The molecule has 1 unspecified atom stereocenters. The Balaban J connectivity index is 1.11. The van der Waals surface area contributed by atoms with Crippen LogP contribution in [0.2, 0.25) is 0 Å². The smallest absolute Gasteiger partial charge is 0.407 e. The van der Waals surface area contributed by atoms with Crippen LogP contribution in [0.3, 0.4) is 0 Å². The summed E-state index contributed by atoms with van der Waals surface area (Å²) in [6, 6.07) is 15.5. The van der Waals surface area contributed by atoms with E-state index in [1.54, 1.807) is 0 Å². The molecule has 0 heterocycles. The highest BCUT2D eigenvalue weighted by atomic mass is 16.5. The first kappa shape index (κ1) is 23.8. The summed E-state index contributed by atoms with van der Waals surface area (Å²) in [5, 5.41) is 14.4. The monoisotopic (exact) mass is 466 g/mol. The molecule has 0 spiro atoms. The molecule has 8 nitrogen and oxygen atoms in total. The normalized spacial score (nSPS) is 15.2. The minimum atomic E-state index is -1.01. The Bertz CT molecular complexity index is 990. The summed E-state index contributed by atoms with van der Waals surface area (Å²) in [4.78, 5) is 35.3. The van der Waals surface area contributed by atoms with Crippen LogP contribution in [0.5, 0.6) is 0 Å². The number of carbonyl (C=O) groups excluding carboxylic acids is 2. The molecule has 0 radical (unpaired) electrons. The molecule has 34 heavy (non-hydrogen) atoms. The number of carboxylic acids is 1. The number of benzene rings is 2. The van der Waals surface area contributed by atoms with Gasteiger partial charge in [0.15, 0.2) is 0 Å². The number of nitrogens with one attached hydrogen (secondary N) is 2. The van der Waals surface area contributed by atoms with E-state index < -0.39 is 18.1 Å². The van der Waals surface area contributed by atoms with Gasteiger partial charge in [0.1, 0.15) is 12.6 Å². The highest BCUT2D eigenvalue weighted by Crippen LogP contribution is 2.44. The lowest BCUT2D eigenvalue weighted by Gasteiger charge is -2.15. The molecule has 2 aromatic rings. The van der Waals surface area contributed by atoms with Crippen molar-refractivity contribution < 1.29 is 29.0 Å². The van der Waals surface area contributed by atoms with Crippen molar-refractivity contribution in [3.63, 3.8) is 0 Å². The standard InChI is InChI=1S/C26H30N2O6/c29-24(28-23(25(30)31)15-17-9-10-17)11-13-33-14-12-27-26(32)34-16-22-20-7-3-1-5-18(20)19-6-2-4-8-21(19)22/h1-8,17,22-23H,9-16H2,(H,27,32)(H,28,29)(H,30,31). The minimum absolute atomic E-state index is 0.00227. The second-order valence-corrected chi connectivity index (χ2v) is 8.75. The van der Waals surface area contributed by atoms with E-state index in [9.17, 15) is 19.5 Å². The molecule has 0 saturated heterocycles. The second kappa shape index (κ2) is 11.2. The number of carboxylic acid groups (broad SMARTS) is 1. The molecule has 2 aliphatic carbocycles. The second-order valence-electron chi connectivity index (χ2n) is 8.75. The number of fused-ring (bicyclic) bond motifs is 3. The summed E-state index contributed by atoms with van der Waals surface area (Å²) in [7, 11) is 0. The van der Waals surface area contributed by atoms with Crippen LogP contribution in [0, 0.1) is 5.92 Å². The third-order valence-corrected chi connectivity index (χ3v) is 6.23. The van der Waals surface area contributed by atoms with Crippen molar-refractivity contribution in [3.05, 3.63) is 59.7 Å². The van der Waals surface area contributed by atoms with Gasteiger partial charge < -0.3 is 25.2 Å². The number of carbonyl (C=O) groups is 3. The van der Waals surface area contributed by atoms with Gasteiger partial charge in [-0.15, -0.1) is 0 Å². The Kier molecular flexibility index (Phi) is 7.80. The van der Waals surface area contributed by atoms with Crippen molar-refractivity contribution in [2.75, 3.05) is 26.4 Å². The van der Waals surface area contributed by atoms with Gasteiger partial charge in [-0.3, -0.25) is 4.79 Å². The van der Waals surface area contributed by atoms with E-state index in [1.807, 2.05) is 24.3 Å². The molecule has 8 heteroatoms. The van der Waals surface area contributed by atoms with Crippen LogP contribution in [0.25, 0.3) is 11.1 Å². The van der Waals surface area contributed by atoms with E-state index in [0.29, 0.717) is 12.3 Å². The summed E-state index contributed by atoms with van der Waals surface area (Å²) < 4.78 is 10.8. The van der Waals surface area contributed by atoms with Crippen molar-refractivity contribution >= 4 is 18.0 Å². The van der Waals surface area contributed by atoms with Crippen LogP contribution in [0.4, 0.5) is 4.79 Å². The molecule has 3 N–H and O–H groups in total. The first-order valence-corrected chi connectivity index (χ1v) is 11.7. The number of hydrogen-bond acceptors (Lipinski definition) is 5. The summed E-state index contributed by atoms with van der Waals surface area (Å²) in [5.74, 6) is -0.949. The Morgan fingerprint density at radius 2 is 1.62 bits per heavy atom. The lowest BCUT2D eigenvalue weighted by Crippen LogP contribution is -2.41. The van der Waals surface area contributed by atoms with Gasteiger partial charge in [0.05, 0.1) is 13.2 Å². The van der Waals surface area contributed by atoms with Crippen molar-refractivity contribution in [3.8, 4) is 11.1 Å². The Morgan fingerprint density at radius 3 is 2.24 bits per heavy atom. The van der Waals surface area contributed by atoms with Crippen LogP contribution < -0.4 is 10.6 Å². The van der Waals surface area contributed by atoms with E-state index in [0.717, 1.165) is 24.0 Å². The fraction of sp³-hybridized carbons (Fsp3) is 0.423. The van der Waals surface area contributed by atoms with E-state index in [-0.39, 0.29) is 44.6 Å². The van der Waals surface area contributed by atoms with Crippen LogP contribution >= 0.6 is 0 Å². The fourth-order valence-corrected chi connectivity index (χ4v) is 4.32. The zero-order valence-corrected chi connectivity index (χ0v) is 19.0. The largest absolute Gasteiger partial charge is 0.480 e. The van der Waals surface area contributed by atoms with E-state index in [2.05, 4.69) is 34.9 Å². The number of rotatable bonds is 12. The van der Waals surface area contributed by atoms with Crippen LogP contribution in [0.1, 0.15) is 42.7 Å². The highest BCUT2D eigenvalue weighted by Gasteiger charge is 2.30. The maximum atomic E-state index is 12.1. The van der Waals surface area contributed by atoms with Crippen molar-refractivity contribution in [1.82, 2.24) is 10.6 Å². The van der Waals surface area contributed by atoms with E-state index in [1.165, 1.54) is 11.1 Å². The third kappa shape index (κ3) is 6.14. The maximum absolute atomic E-state index is 12.1. The number of aliphatic carboxylic acids is 1. The van der Waals surface area contributed by atoms with Crippen LogP contribution in [-0.4, -0.2) is 55.5 Å². The summed E-state index contributed by atoms with van der Waals surface area (Å²) in [6.07, 6.45) is 2.08. The molecule has 0 aliphatic heterocycles. The summed E-state index contributed by atoms with van der Waals surface area (Å²) in [5.41, 5.74) is 4.65. The molecule has 1 fully saturated rings. The third-order valence-electron chi connectivity index (χ3n) is 6.23. The molecule has 2 amide bonds. The van der Waals surface area contributed by atoms with Gasteiger partial charge in [-0.2, -0.15) is 0 Å². The van der Waals surface area contributed by atoms with Gasteiger partial charge in [-0.25, -0.2) is 9.59 Å². The average molecular weight is 467 g/mol. The van der Waals surface area contributed by atoms with Gasteiger partial charge in [0.25, 0.3) is 0 Å². The molecule has 1 atom stereocenters. The maximum Gasteiger partial charge on any atom is 0.407 e. The zero-order valence-electron chi connectivity index (χ0n) is 19.0. The van der Waals surface area contributed by atoms with Crippen LogP contribution in [-0.2, 0) is 19.1 Å². The number of amides is 2. The molecular formula is C26H30N2O6. The molecule has 2 aromatic carbocycles. The Labute approximate surface area is 198 Å². The van der Waals surface area contributed by atoms with E-state index >= 15 is 0 Å². The van der Waals surface area contributed by atoms with Gasteiger partial charge in [0, 0.05) is 18.9 Å². The van der Waals surface area contributed by atoms with Gasteiger partial charge in [-0.1, -0.05) is 61.4 Å². The molecule has 180 valence electrons. The topological polar surface area (TPSA) is 114 Å². The number of ether oxygens (including phenoxy) is 2. The SMILES string of the molecule is O=C(CCOCCNC(=O)OCC1c2ccccc2-c2ccccc21)NC(CC1CC1)C(=O)O. The average Bonchev–Trinajstić information content (AvgIpc) is 3.60. The van der Waals surface area contributed by atoms with Gasteiger partial charge >= 0.3 is 12.1 Å². The lowest BCUT2D eigenvalue weighted by atomic mass is 9.98. The first-order chi connectivity index (χ1) is 16.5. The molecule has 2 aliphatic rings. The zero-order chi connectivity index (χ0) is 23.9. The molecule has 1 saturated carbocycles. The van der Waals surface area contributed by atoms with Crippen molar-refractivity contribution in [2.45, 2.75) is 37.6 Å². The number of alkyl carbamates (subject to hydrolysis) is 1. The first-order valence-electron chi connectivity index (χ1n) is 11.7. The van der Waals surface area contributed by atoms with Crippen molar-refractivity contribution in [2.24, 2.45) is 5.92 Å². The Morgan fingerprint density at radius 1 is 0.971 bits per heavy atom. The predicted molar refractivity (Wildman–Crippen MR) is 125 cm³/mol. The van der Waals surface area contributed by atoms with Crippen LogP contribution in [0.15, 0.2) is 48.5 Å². The van der Waals surface area contributed by atoms with Crippen molar-refractivity contribution in [1.29, 1.82) is 0 Å². The molecular weight excluding hydrogens is 436 g/mol. The minimum Gasteiger partial charge on any atom is -0.480 e. The number of hydrogen-bond donors (Lipinski definition) is 3. The highest BCUT2D eigenvalue weighted by molar-refractivity contribution is 5.83. The molecule has 0 aromatic heterocycles. The fourth-order valence-electron chi connectivity index (χ4n) is 4.32. The molecule has 0 bridgehead atoms. The molecule has 4 rings (SSSR count). The quantitative estimate of drug-likeness (QED) is 0.414. The summed E-state index contributed by atoms with van der Waals surface area (Å²) in [6.45, 7) is 0.861.